The van der Waals surface area contributed by atoms with Gasteiger partial charge < -0.3 is 5.32 Å². The van der Waals surface area contributed by atoms with Gasteiger partial charge in [-0.25, -0.2) is 9.37 Å². The molecule has 0 bridgehead atoms. The largest absolute Gasteiger partial charge is 0.351 e. The highest BCUT2D eigenvalue weighted by molar-refractivity contribution is 8.00. The fourth-order valence-electron chi connectivity index (χ4n) is 2.25. The number of aromatic nitrogens is 2. The van der Waals surface area contributed by atoms with E-state index in [-0.39, 0.29) is 23.8 Å². The smallest absolute Gasteiger partial charge is 0.271 e. The first-order valence-corrected chi connectivity index (χ1v) is 9.35. The van der Waals surface area contributed by atoms with Crippen LogP contribution >= 0.6 is 23.1 Å². The van der Waals surface area contributed by atoms with Gasteiger partial charge in [0.05, 0.1) is 10.8 Å². The van der Waals surface area contributed by atoms with Crippen LogP contribution in [0.3, 0.4) is 0 Å². The fourth-order valence-corrected chi connectivity index (χ4v) is 3.96. The van der Waals surface area contributed by atoms with E-state index < -0.39 is 5.25 Å². The van der Waals surface area contributed by atoms with Crippen LogP contribution in [0.5, 0.6) is 0 Å². The number of fused-ring (bicyclic) bond motifs is 1. The Morgan fingerprint density at radius 2 is 2.16 bits per heavy atom. The lowest BCUT2D eigenvalue weighted by Crippen LogP contribution is -2.31. The van der Waals surface area contributed by atoms with Crippen LogP contribution in [0, 0.1) is 5.82 Å². The summed E-state index contributed by atoms with van der Waals surface area (Å²) in [7, 11) is 1.64. The van der Waals surface area contributed by atoms with Crippen molar-refractivity contribution in [2.45, 2.75) is 23.9 Å². The van der Waals surface area contributed by atoms with Crippen LogP contribution in [0.25, 0.3) is 10.2 Å². The summed E-state index contributed by atoms with van der Waals surface area (Å²) in [6.45, 7) is 1.84. The molecule has 0 saturated heterocycles. The van der Waals surface area contributed by atoms with E-state index in [2.05, 4.69) is 10.3 Å². The maximum Gasteiger partial charge on any atom is 0.271 e. The molecular weight excluding hydrogens is 361 g/mol. The molecular formula is C17H16FN3O2S2. The van der Waals surface area contributed by atoms with Crippen molar-refractivity contribution in [3.8, 4) is 0 Å². The van der Waals surface area contributed by atoms with Crippen LogP contribution in [0.1, 0.15) is 12.5 Å². The van der Waals surface area contributed by atoms with Crippen LogP contribution < -0.4 is 10.9 Å². The molecule has 2 heterocycles. The summed E-state index contributed by atoms with van der Waals surface area (Å²) in [4.78, 5) is 29.0. The Kier molecular flexibility index (Phi) is 5.19. The number of carbonyl (C=O) groups is 1. The summed E-state index contributed by atoms with van der Waals surface area (Å²) in [6.07, 6.45) is 0. The molecule has 0 saturated carbocycles. The number of amides is 1. The third kappa shape index (κ3) is 3.74. The number of benzene rings is 1. The van der Waals surface area contributed by atoms with Gasteiger partial charge in [-0.2, -0.15) is 0 Å². The molecule has 0 aliphatic carbocycles. The van der Waals surface area contributed by atoms with Crippen LogP contribution in [0.15, 0.2) is 45.7 Å². The van der Waals surface area contributed by atoms with E-state index in [1.807, 2.05) is 5.38 Å². The Balaban J connectivity index is 1.70. The molecule has 8 heteroatoms. The number of halogens is 1. The van der Waals surface area contributed by atoms with Crippen molar-refractivity contribution in [3.63, 3.8) is 0 Å². The van der Waals surface area contributed by atoms with Gasteiger partial charge in [0.1, 0.15) is 10.5 Å². The van der Waals surface area contributed by atoms with Crippen molar-refractivity contribution < 1.29 is 9.18 Å². The SMILES string of the molecule is CC(Sc1nc2ccsc2c(=O)n1C)C(=O)NCc1ccccc1F. The summed E-state index contributed by atoms with van der Waals surface area (Å²) in [5.74, 6) is -0.594. The third-order valence-corrected chi connectivity index (χ3v) is 5.74. The van der Waals surface area contributed by atoms with E-state index in [0.29, 0.717) is 20.9 Å². The zero-order valence-corrected chi connectivity index (χ0v) is 15.3. The number of hydrogen-bond donors (Lipinski definition) is 1. The highest BCUT2D eigenvalue weighted by Crippen LogP contribution is 2.23. The zero-order valence-electron chi connectivity index (χ0n) is 13.7. The Morgan fingerprint density at radius 3 is 2.92 bits per heavy atom. The molecule has 1 N–H and O–H groups in total. The number of nitrogens with zero attached hydrogens (tertiary/aromatic N) is 2. The molecule has 25 heavy (non-hydrogen) atoms. The van der Waals surface area contributed by atoms with Crippen LogP contribution in [0.4, 0.5) is 4.39 Å². The van der Waals surface area contributed by atoms with Crippen molar-refractivity contribution in [3.05, 3.63) is 57.4 Å². The van der Waals surface area contributed by atoms with Gasteiger partial charge in [0.25, 0.3) is 5.56 Å². The second kappa shape index (κ2) is 7.37. The highest BCUT2D eigenvalue weighted by Gasteiger charge is 2.18. The molecule has 2 aromatic heterocycles. The molecule has 1 amide bonds. The van der Waals surface area contributed by atoms with Gasteiger partial charge in [-0.1, -0.05) is 30.0 Å². The van der Waals surface area contributed by atoms with Gasteiger partial charge in [-0.3, -0.25) is 14.2 Å². The van der Waals surface area contributed by atoms with Crippen molar-refractivity contribution in [2.24, 2.45) is 7.05 Å². The van der Waals surface area contributed by atoms with Crippen LogP contribution in [-0.4, -0.2) is 20.7 Å². The van der Waals surface area contributed by atoms with Gasteiger partial charge in [-0.05, 0) is 24.4 Å². The lowest BCUT2D eigenvalue weighted by atomic mass is 10.2. The zero-order chi connectivity index (χ0) is 18.0. The second-order valence-electron chi connectivity index (χ2n) is 5.46. The molecule has 1 atom stereocenters. The maximum atomic E-state index is 13.6. The summed E-state index contributed by atoms with van der Waals surface area (Å²) in [5.41, 5.74) is 0.939. The van der Waals surface area contributed by atoms with E-state index in [9.17, 15) is 14.0 Å². The fraction of sp³-hybridized carbons (Fsp3) is 0.235. The predicted octanol–water partition coefficient (Wildman–Crippen LogP) is 2.93. The lowest BCUT2D eigenvalue weighted by Gasteiger charge is -2.13. The molecule has 0 radical (unpaired) electrons. The van der Waals surface area contributed by atoms with E-state index >= 15 is 0 Å². The van der Waals surface area contributed by atoms with E-state index in [4.69, 9.17) is 0 Å². The number of rotatable bonds is 5. The maximum absolute atomic E-state index is 13.6. The Labute approximate surface area is 151 Å². The quantitative estimate of drug-likeness (QED) is 0.549. The molecule has 0 aliphatic rings. The molecule has 3 aromatic rings. The summed E-state index contributed by atoms with van der Waals surface area (Å²) in [6, 6.07) is 8.09. The minimum absolute atomic E-state index is 0.117. The molecule has 0 spiro atoms. The monoisotopic (exact) mass is 377 g/mol. The van der Waals surface area contributed by atoms with Crippen molar-refractivity contribution in [2.75, 3.05) is 0 Å². The summed E-state index contributed by atoms with van der Waals surface area (Å²) in [5, 5.41) is 4.54. The lowest BCUT2D eigenvalue weighted by molar-refractivity contribution is -0.120. The van der Waals surface area contributed by atoms with Gasteiger partial charge in [0.15, 0.2) is 5.16 Å². The normalized spacial score (nSPS) is 12.3. The van der Waals surface area contributed by atoms with E-state index in [0.717, 1.165) is 0 Å². The number of thioether (sulfide) groups is 1. The predicted molar refractivity (Wildman–Crippen MR) is 98.4 cm³/mol. The van der Waals surface area contributed by atoms with Crippen LogP contribution in [-0.2, 0) is 18.4 Å². The van der Waals surface area contributed by atoms with Gasteiger partial charge >= 0.3 is 0 Å². The van der Waals surface area contributed by atoms with Crippen molar-refractivity contribution >= 4 is 39.2 Å². The second-order valence-corrected chi connectivity index (χ2v) is 7.69. The van der Waals surface area contributed by atoms with Gasteiger partial charge in [-0.15, -0.1) is 11.3 Å². The summed E-state index contributed by atoms with van der Waals surface area (Å²) >= 11 is 2.55. The molecule has 3 rings (SSSR count). The molecule has 5 nitrogen and oxygen atoms in total. The first kappa shape index (κ1) is 17.6. The Hall–Kier alpha value is -2.19. The first-order valence-electron chi connectivity index (χ1n) is 7.59. The minimum Gasteiger partial charge on any atom is -0.351 e. The average Bonchev–Trinajstić information content (AvgIpc) is 3.07. The Bertz CT molecular complexity index is 983. The van der Waals surface area contributed by atoms with E-state index in [1.165, 1.54) is 33.7 Å². The molecule has 130 valence electrons. The average molecular weight is 377 g/mol. The summed E-state index contributed by atoms with van der Waals surface area (Å²) < 4.78 is 15.6. The first-order chi connectivity index (χ1) is 12.0. The standard InChI is InChI=1S/C17H16FN3O2S2/c1-10(15(22)19-9-11-5-3-4-6-12(11)18)25-17-20-13-7-8-24-14(13)16(23)21(17)2/h3-8,10H,9H2,1-2H3,(H,19,22). The number of nitrogens with one attached hydrogen (secondary N) is 1. The van der Waals surface area contributed by atoms with E-state index in [1.54, 1.807) is 38.2 Å². The number of thiophene rings is 1. The molecule has 0 aliphatic heterocycles. The number of hydrogen-bond acceptors (Lipinski definition) is 5. The third-order valence-electron chi connectivity index (χ3n) is 3.71. The highest BCUT2D eigenvalue weighted by atomic mass is 32.2. The van der Waals surface area contributed by atoms with Crippen molar-refractivity contribution in [1.82, 2.24) is 14.9 Å². The topological polar surface area (TPSA) is 64.0 Å². The minimum atomic E-state index is -0.471. The molecule has 0 fully saturated rings. The van der Waals surface area contributed by atoms with Gasteiger partial charge in [0, 0.05) is 19.2 Å². The van der Waals surface area contributed by atoms with Gasteiger partial charge in [0.2, 0.25) is 5.91 Å². The molecule has 1 unspecified atom stereocenters. The van der Waals surface area contributed by atoms with Crippen molar-refractivity contribution in [1.29, 1.82) is 0 Å². The molecule has 1 aromatic carbocycles. The van der Waals surface area contributed by atoms with Crippen LogP contribution in [0.2, 0.25) is 0 Å². The Morgan fingerprint density at radius 1 is 1.40 bits per heavy atom. The number of carbonyl (C=O) groups excluding carboxylic acids is 1.